The monoisotopic (exact) mass is 469 g/mol. The molecule has 1 fully saturated rings. The summed E-state index contributed by atoms with van der Waals surface area (Å²) in [5.74, 6) is 1.47. The van der Waals surface area contributed by atoms with Gasteiger partial charge in [0.05, 0.1) is 20.3 Å². The van der Waals surface area contributed by atoms with Gasteiger partial charge in [-0.15, -0.1) is 0 Å². The summed E-state index contributed by atoms with van der Waals surface area (Å²) in [4.78, 5) is 13.1. The molecule has 2 aromatic rings. The molecular weight excluding hydrogens is 422 g/mol. The summed E-state index contributed by atoms with van der Waals surface area (Å²) in [6.45, 7) is 21.7. The standard InChI is InChI=1S/C12H14O2.C9H12.C7H15NO.C2H6/c1-4-10-11(9(2)8-13)6-5-7-12(10)14-3;1-8(2)9-6-4-3-5-7-9;1-2-3-8-4-6-9-7-5-8;1-2/h5-8H,2,4H2,1,3H3;3-8H,1-2H3;2-7H2,1H3;1-2H3. The first-order valence-corrected chi connectivity index (χ1v) is 12.6. The van der Waals surface area contributed by atoms with E-state index in [1.807, 2.05) is 45.0 Å². The molecule has 0 radical (unpaired) electrons. The Morgan fingerprint density at radius 2 is 1.68 bits per heavy atom. The van der Waals surface area contributed by atoms with E-state index in [1.165, 1.54) is 18.5 Å². The lowest BCUT2D eigenvalue weighted by molar-refractivity contribution is -0.103. The normalized spacial score (nSPS) is 12.7. The van der Waals surface area contributed by atoms with Crippen molar-refractivity contribution in [1.29, 1.82) is 0 Å². The summed E-state index contributed by atoms with van der Waals surface area (Å²) in [7, 11) is 1.63. The maximum atomic E-state index is 10.6. The van der Waals surface area contributed by atoms with Gasteiger partial charge in [0, 0.05) is 24.2 Å². The minimum atomic E-state index is 0.501. The molecule has 4 heteroatoms. The van der Waals surface area contributed by atoms with E-state index in [0.717, 1.165) is 55.9 Å². The zero-order chi connectivity index (χ0) is 25.8. The summed E-state index contributed by atoms with van der Waals surface area (Å²) >= 11 is 0. The van der Waals surface area contributed by atoms with Crippen LogP contribution < -0.4 is 4.74 Å². The third-order valence-corrected chi connectivity index (χ3v) is 5.30. The van der Waals surface area contributed by atoms with Gasteiger partial charge in [0.25, 0.3) is 0 Å². The Labute approximate surface area is 209 Å². The minimum absolute atomic E-state index is 0.501. The van der Waals surface area contributed by atoms with E-state index >= 15 is 0 Å². The van der Waals surface area contributed by atoms with Gasteiger partial charge >= 0.3 is 0 Å². The van der Waals surface area contributed by atoms with E-state index in [1.54, 1.807) is 7.11 Å². The number of carbonyl (C=O) groups excluding carboxylic acids is 1. The lowest BCUT2D eigenvalue weighted by atomic mass is 9.99. The third kappa shape index (κ3) is 12.2. The molecule has 190 valence electrons. The zero-order valence-electron chi connectivity index (χ0n) is 22.6. The summed E-state index contributed by atoms with van der Waals surface area (Å²) < 4.78 is 10.4. The number of ether oxygens (including phenoxy) is 2. The molecule has 34 heavy (non-hydrogen) atoms. The molecule has 0 N–H and O–H groups in total. The SMILES string of the molecule is C=C(C=O)c1cccc(OC)c1CC.CC.CC(C)c1ccccc1.CCCN1CCOCC1. The van der Waals surface area contributed by atoms with Gasteiger partial charge < -0.3 is 9.47 Å². The molecule has 1 heterocycles. The van der Waals surface area contributed by atoms with Crippen LogP contribution in [0.3, 0.4) is 0 Å². The van der Waals surface area contributed by atoms with Crippen LogP contribution in [0, 0.1) is 0 Å². The van der Waals surface area contributed by atoms with Crippen LogP contribution in [0.1, 0.15) is 70.6 Å². The molecule has 4 nitrogen and oxygen atoms in total. The van der Waals surface area contributed by atoms with Crippen molar-refractivity contribution in [1.82, 2.24) is 4.90 Å². The van der Waals surface area contributed by atoms with Crippen molar-refractivity contribution in [3.8, 4) is 5.75 Å². The maximum absolute atomic E-state index is 10.6. The first-order chi connectivity index (χ1) is 16.5. The van der Waals surface area contributed by atoms with Crippen LogP contribution in [-0.4, -0.2) is 51.1 Å². The highest BCUT2D eigenvalue weighted by Gasteiger charge is 2.09. The van der Waals surface area contributed by atoms with Gasteiger partial charge in [-0.3, -0.25) is 9.69 Å². The van der Waals surface area contributed by atoms with Crippen molar-refractivity contribution in [2.45, 2.75) is 60.3 Å². The number of nitrogens with zero attached hydrogens (tertiary/aromatic N) is 1. The highest BCUT2D eigenvalue weighted by Crippen LogP contribution is 2.26. The molecule has 0 amide bonds. The summed E-state index contributed by atoms with van der Waals surface area (Å²) in [6, 6.07) is 16.2. The quantitative estimate of drug-likeness (QED) is 0.322. The molecular formula is C30H47NO3. The average Bonchev–Trinajstić information content (AvgIpc) is 2.90. The van der Waals surface area contributed by atoms with Gasteiger partial charge in [-0.05, 0) is 42.5 Å². The molecule has 0 atom stereocenters. The maximum Gasteiger partial charge on any atom is 0.150 e. The Bertz CT molecular complexity index is 778. The smallest absolute Gasteiger partial charge is 0.150 e. The van der Waals surface area contributed by atoms with Crippen molar-refractivity contribution in [2.24, 2.45) is 0 Å². The van der Waals surface area contributed by atoms with Crippen LogP contribution >= 0.6 is 0 Å². The molecule has 3 rings (SSSR count). The number of allylic oxidation sites excluding steroid dienone is 1. The molecule has 1 saturated heterocycles. The number of hydrogen-bond donors (Lipinski definition) is 0. The van der Waals surface area contributed by atoms with E-state index in [0.29, 0.717) is 11.5 Å². The number of rotatable bonds is 7. The first kappa shape index (κ1) is 31.6. The second kappa shape index (κ2) is 20.0. The molecule has 1 aliphatic heterocycles. The Morgan fingerprint density at radius 1 is 1.06 bits per heavy atom. The van der Waals surface area contributed by atoms with E-state index < -0.39 is 0 Å². The zero-order valence-corrected chi connectivity index (χ0v) is 22.6. The van der Waals surface area contributed by atoms with Gasteiger partial charge in [0.2, 0.25) is 0 Å². The number of hydrogen-bond acceptors (Lipinski definition) is 4. The number of benzene rings is 2. The molecule has 0 aliphatic carbocycles. The van der Waals surface area contributed by atoms with Crippen LogP contribution in [0.5, 0.6) is 5.75 Å². The average molecular weight is 470 g/mol. The predicted molar refractivity (Wildman–Crippen MR) is 147 cm³/mol. The lowest BCUT2D eigenvalue weighted by Crippen LogP contribution is -2.36. The number of morpholine rings is 1. The van der Waals surface area contributed by atoms with Crippen LogP contribution in [0.2, 0.25) is 0 Å². The summed E-state index contributed by atoms with van der Waals surface area (Å²) in [6.07, 6.45) is 2.86. The molecule has 0 saturated carbocycles. The van der Waals surface area contributed by atoms with Gasteiger partial charge in [-0.2, -0.15) is 0 Å². The molecule has 1 aliphatic rings. The Hall–Kier alpha value is -2.43. The fourth-order valence-electron chi connectivity index (χ4n) is 3.46. The van der Waals surface area contributed by atoms with Crippen molar-refractivity contribution in [2.75, 3.05) is 40.0 Å². The van der Waals surface area contributed by atoms with E-state index in [-0.39, 0.29) is 0 Å². The predicted octanol–water partition coefficient (Wildman–Crippen LogP) is 7.03. The van der Waals surface area contributed by atoms with Crippen molar-refractivity contribution < 1.29 is 14.3 Å². The molecule has 0 spiro atoms. The second-order valence-electron chi connectivity index (χ2n) is 8.00. The molecule has 2 aromatic carbocycles. The second-order valence-corrected chi connectivity index (χ2v) is 8.00. The van der Waals surface area contributed by atoms with Crippen LogP contribution in [-0.2, 0) is 16.0 Å². The summed E-state index contributed by atoms with van der Waals surface area (Å²) in [5, 5.41) is 0. The van der Waals surface area contributed by atoms with Crippen molar-refractivity contribution in [3.05, 3.63) is 71.8 Å². The van der Waals surface area contributed by atoms with E-state index in [4.69, 9.17) is 9.47 Å². The van der Waals surface area contributed by atoms with Gasteiger partial charge in [-0.1, -0.05) is 90.6 Å². The molecule has 0 unspecified atom stereocenters. The van der Waals surface area contributed by atoms with Crippen molar-refractivity contribution in [3.63, 3.8) is 0 Å². The molecule has 0 aromatic heterocycles. The highest BCUT2D eigenvalue weighted by atomic mass is 16.5. The third-order valence-electron chi connectivity index (χ3n) is 5.30. The minimum Gasteiger partial charge on any atom is -0.496 e. The van der Waals surface area contributed by atoms with Crippen LogP contribution in [0.25, 0.3) is 5.57 Å². The topological polar surface area (TPSA) is 38.8 Å². The van der Waals surface area contributed by atoms with Gasteiger partial charge in [0.1, 0.15) is 12.0 Å². The van der Waals surface area contributed by atoms with Crippen molar-refractivity contribution >= 4 is 11.9 Å². The van der Waals surface area contributed by atoms with Crippen LogP contribution in [0.4, 0.5) is 0 Å². The van der Waals surface area contributed by atoms with Crippen LogP contribution in [0.15, 0.2) is 55.1 Å². The highest BCUT2D eigenvalue weighted by molar-refractivity contribution is 6.06. The number of carbonyl (C=O) groups is 1. The fourth-order valence-corrected chi connectivity index (χ4v) is 3.46. The van der Waals surface area contributed by atoms with E-state index in [9.17, 15) is 4.79 Å². The first-order valence-electron chi connectivity index (χ1n) is 12.6. The van der Waals surface area contributed by atoms with Gasteiger partial charge in [-0.25, -0.2) is 0 Å². The number of methoxy groups -OCH3 is 1. The van der Waals surface area contributed by atoms with Gasteiger partial charge in [0.15, 0.2) is 0 Å². The number of aldehydes is 1. The Balaban J connectivity index is 0.000000479. The van der Waals surface area contributed by atoms with E-state index in [2.05, 4.69) is 56.5 Å². The lowest BCUT2D eigenvalue weighted by Gasteiger charge is -2.25. The molecule has 0 bridgehead atoms. The summed E-state index contributed by atoms with van der Waals surface area (Å²) in [5.41, 5.74) is 3.83. The Kier molecular flexibility index (Phi) is 18.6. The largest absolute Gasteiger partial charge is 0.496 e. The Morgan fingerprint density at radius 3 is 2.12 bits per heavy atom. The fraction of sp³-hybridized carbons (Fsp3) is 0.500.